The van der Waals surface area contributed by atoms with Gasteiger partial charge in [-0.2, -0.15) is 0 Å². The molecule has 0 aromatic heterocycles. The molecule has 1 saturated heterocycles. The highest BCUT2D eigenvalue weighted by Crippen LogP contribution is 2.20. The zero-order valence-corrected chi connectivity index (χ0v) is 12.4. The standard InChI is InChI=1S/C17H28N2/c1-3-7-17(16-8-5-4-6-9-16)18-14-15-10-12-19(2)13-11-15/h4-6,8-9,15,17-18H,3,7,10-14H2,1-2H3. The number of likely N-dealkylation sites (tertiary alicyclic amines) is 1. The lowest BCUT2D eigenvalue weighted by Crippen LogP contribution is -2.36. The van der Waals surface area contributed by atoms with Crippen molar-refractivity contribution in [1.82, 2.24) is 10.2 Å². The minimum Gasteiger partial charge on any atom is -0.310 e. The summed E-state index contributed by atoms with van der Waals surface area (Å²) in [6.45, 7) is 5.97. The first kappa shape index (κ1) is 14.5. The van der Waals surface area contributed by atoms with Crippen molar-refractivity contribution < 1.29 is 0 Å². The van der Waals surface area contributed by atoms with E-state index in [0.29, 0.717) is 6.04 Å². The third-order valence-corrected chi connectivity index (χ3v) is 4.27. The predicted molar refractivity (Wildman–Crippen MR) is 82.3 cm³/mol. The van der Waals surface area contributed by atoms with Crippen molar-refractivity contribution in [2.24, 2.45) is 5.92 Å². The first-order valence-electron chi connectivity index (χ1n) is 7.76. The number of piperidine rings is 1. The number of hydrogen-bond donors (Lipinski definition) is 1. The molecule has 1 aliphatic rings. The van der Waals surface area contributed by atoms with E-state index in [-0.39, 0.29) is 0 Å². The average Bonchev–Trinajstić information content (AvgIpc) is 2.46. The van der Waals surface area contributed by atoms with E-state index in [4.69, 9.17) is 0 Å². The Hall–Kier alpha value is -0.860. The van der Waals surface area contributed by atoms with Gasteiger partial charge in [0.05, 0.1) is 0 Å². The summed E-state index contributed by atoms with van der Waals surface area (Å²) < 4.78 is 0. The fraction of sp³-hybridized carbons (Fsp3) is 0.647. The van der Waals surface area contributed by atoms with Gasteiger partial charge in [-0.25, -0.2) is 0 Å². The fourth-order valence-electron chi connectivity index (χ4n) is 2.94. The maximum atomic E-state index is 3.80. The Morgan fingerprint density at radius 1 is 1.21 bits per heavy atom. The summed E-state index contributed by atoms with van der Waals surface area (Å²) in [7, 11) is 2.23. The summed E-state index contributed by atoms with van der Waals surface area (Å²) in [6, 6.07) is 11.4. The molecule has 1 atom stereocenters. The zero-order valence-electron chi connectivity index (χ0n) is 12.4. The molecule has 0 amide bonds. The molecule has 19 heavy (non-hydrogen) atoms. The smallest absolute Gasteiger partial charge is 0.0320 e. The molecule has 106 valence electrons. The van der Waals surface area contributed by atoms with Crippen LogP contribution in [0.1, 0.15) is 44.2 Å². The topological polar surface area (TPSA) is 15.3 Å². The normalized spacial score (nSPS) is 19.5. The van der Waals surface area contributed by atoms with Crippen LogP contribution in [0.15, 0.2) is 30.3 Å². The van der Waals surface area contributed by atoms with E-state index >= 15 is 0 Å². The summed E-state index contributed by atoms with van der Waals surface area (Å²) >= 11 is 0. The molecular weight excluding hydrogens is 232 g/mol. The van der Waals surface area contributed by atoms with Gasteiger partial charge >= 0.3 is 0 Å². The van der Waals surface area contributed by atoms with Crippen molar-refractivity contribution >= 4 is 0 Å². The molecule has 2 heteroatoms. The Labute approximate surface area is 118 Å². The molecular formula is C17H28N2. The van der Waals surface area contributed by atoms with Crippen LogP contribution in [-0.2, 0) is 0 Å². The van der Waals surface area contributed by atoms with Crippen molar-refractivity contribution in [3.8, 4) is 0 Å². The van der Waals surface area contributed by atoms with Crippen LogP contribution in [0.4, 0.5) is 0 Å². The van der Waals surface area contributed by atoms with Crippen LogP contribution in [0.2, 0.25) is 0 Å². The second-order valence-corrected chi connectivity index (χ2v) is 5.91. The molecule has 0 bridgehead atoms. The van der Waals surface area contributed by atoms with E-state index in [9.17, 15) is 0 Å². The van der Waals surface area contributed by atoms with Gasteiger partial charge in [0.25, 0.3) is 0 Å². The minimum absolute atomic E-state index is 0.533. The molecule has 1 heterocycles. The first-order valence-corrected chi connectivity index (χ1v) is 7.76. The molecule has 1 unspecified atom stereocenters. The van der Waals surface area contributed by atoms with Gasteiger partial charge in [-0.15, -0.1) is 0 Å². The second kappa shape index (κ2) is 7.66. The second-order valence-electron chi connectivity index (χ2n) is 5.91. The van der Waals surface area contributed by atoms with Gasteiger partial charge in [-0.1, -0.05) is 43.7 Å². The molecule has 2 rings (SSSR count). The Morgan fingerprint density at radius 2 is 1.89 bits per heavy atom. The molecule has 0 aliphatic carbocycles. The largest absolute Gasteiger partial charge is 0.310 e. The molecule has 1 N–H and O–H groups in total. The van der Waals surface area contributed by atoms with E-state index in [1.807, 2.05) is 0 Å². The lowest BCUT2D eigenvalue weighted by atomic mass is 9.95. The van der Waals surface area contributed by atoms with Gasteiger partial charge in [0.1, 0.15) is 0 Å². The monoisotopic (exact) mass is 260 g/mol. The van der Waals surface area contributed by atoms with Crippen molar-refractivity contribution in [2.45, 2.75) is 38.6 Å². The Balaban J connectivity index is 1.84. The van der Waals surface area contributed by atoms with Crippen molar-refractivity contribution in [3.63, 3.8) is 0 Å². The summed E-state index contributed by atoms with van der Waals surface area (Å²) in [4.78, 5) is 2.44. The van der Waals surface area contributed by atoms with Crippen LogP contribution in [0.25, 0.3) is 0 Å². The first-order chi connectivity index (χ1) is 9.29. The van der Waals surface area contributed by atoms with Crippen LogP contribution < -0.4 is 5.32 Å². The number of rotatable bonds is 6. The summed E-state index contributed by atoms with van der Waals surface area (Å²) in [5, 5.41) is 3.80. The van der Waals surface area contributed by atoms with Crippen molar-refractivity contribution in [3.05, 3.63) is 35.9 Å². The number of nitrogens with zero attached hydrogens (tertiary/aromatic N) is 1. The lowest BCUT2D eigenvalue weighted by Gasteiger charge is -2.30. The number of benzene rings is 1. The molecule has 1 aromatic carbocycles. The third-order valence-electron chi connectivity index (χ3n) is 4.27. The summed E-state index contributed by atoms with van der Waals surface area (Å²) in [5.41, 5.74) is 1.44. The Bertz CT molecular complexity index is 342. The molecule has 1 fully saturated rings. The predicted octanol–water partition coefficient (Wildman–Crippen LogP) is 3.46. The van der Waals surface area contributed by atoms with Gasteiger partial charge in [0, 0.05) is 6.04 Å². The van der Waals surface area contributed by atoms with Gasteiger partial charge < -0.3 is 10.2 Å². The maximum absolute atomic E-state index is 3.80. The highest BCUT2D eigenvalue weighted by Gasteiger charge is 2.18. The molecule has 2 nitrogen and oxygen atoms in total. The molecule has 1 aromatic rings. The van der Waals surface area contributed by atoms with Crippen molar-refractivity contribution in [2.75, 3.05) is 26.7 Å². The van der Waals surface area contributed by atoms with Crippen molar-refractivity contribution in [1.29, 1.82) is 0 Å². The van der Waals surface area contributed by atoms with E-state index in [1.54, 1.807) is 0 Å². The van der Waals surface area contributed by atoms with Gasteiger partial charge in [-0.05, 0) is 57.4 Å². The van der Waals surface area contributed by atoms with Gasteiger partial charge in [0.2, 0.25) is 0 Å². The third kappa shape index (κ3) is 4.63. The molecule has 1 aliphatic heterocycles. The lowest BCUT2D eigenvalue weighted by molar-refractivity contribution is 0.212. The number of nitrogens with one attached hydrogen (secondary N) is 1. The fourth-order valence-corrected chi connectivity index (χ4v) is 2.94. The number of hydrogen-bond acceptors (Lipinski definition) is 2. The van der Waals surface area contributed by atoms with Crippen LogP contribution in [0.5, 0.6) is 0 Å². The highest BCUT2D eigenvalue weighted by atomic mass is 15.1. The molecule has 0 radical (unpaired) electrons. The Kier molecular flexibility index (Phi) is 5.87. The van der Waals surface area contributed by atoms with Gasteiger partial charge in [0.15, 0.2) is 0 Å². The summed E-state index contributed by atoms with van der Waals surface area (Å²) in [6.07, 6.45) is 5.16. The quantitative estimate of drug-likeness (QED) is 0.842. The average molecular weight is 260 g/mol. The van der Waals surface area contributed by atoms with E-state index in [2.05, 4.69) is 54.5 Å². The zero-order chi connectivity index (χ0) is 13.5. The maximum Gasteiger partial charge on any atom is 0.0320 e. The van der Waals surface area contributed by atoms with Crippen LogP contribution in [-0.4, -0.2) is 31.6 Å². The highest BCUT2D eigenvalue weighted by molar-refractivity contribution is 5.18. The van der Waals surface area contributed by atoms with E-state index in [0.717, 1.165) is 5.92 Å². The van der Waals surface area contributed by atoms with Gasteiger partial charge in [-0.3, -0.25) is 0 Å². The SMILES string of the molecule is CCCC(NCC1CCN(C)CC1)c1ccccc1. The van der Waals surface area contributed by atoms with Crippen LogP contribution in [0, 0.1) is 5.92 Å². The van der Waals surface area contributed by atoms with E-state index in [1.165, 1.54) is 50.9 Å². The van der Waals surface area contributed by atoms with Crippen LogP contribution >= 0.6 is 0 Å². The molecule has 0 saturated carbocycles. The van der Waals surface area contributed by atoms with E-state index < -0.39 is 0 Å². The van der Waals surface area contributed by atoms with Crippen LogP contribution in [0.3, 0.4) is 0 Å². The minimum atomic E-state index is 0.533. The molecule has 0 spiro atoms. The summed E-state index contributed by atoms with van der Waals surface area (Å²) in [5.74, 6) is 0.860. The Morgan fingerprint density at radius 3 is 2.53 bits per heavy atom.